The van der Waals surface area contributed by atoms with Crippen LogP contribution < -0.4 is 0 Å². The molecule has 0 spiro atoms. The fraction of sp³-hybridized carbons (Fsp3) is 0.125. The van der Waals surface area contributed by atoms with E-state index in [9.17, 15) is 4.39 Å². The number of aliphatic hydroxyl groups excluding tert-OH is 1. The van der Waals surface area contributed by atoms with Crippen molar-refractivity contribution >= 4 is 23.4 Å². The molecule has 0 aliphatic carbocycles. The Morgan fingerprint density at radius 3 is 2.60 bits per heavy atom. The Bertz CT molecular complexity index is 644. The van der Waals surface area contributed by atoms with E-state index < -0.39 is 0 Å². The average molecular weight is 307 g/mol. The molecule has 20 heavy (non-hydrogen) atoms. The van der Waals surface area contributed by atoms with Gasteiger partial charge in [-0.05, 0) is 48.0 Å². The highest BCUT2D eigenvalue weighted by Gasteiger charge is 2.01. The van der Waals surface area contributed by atoms with Gasteiger partial charge in [-0.15, -0.1) is 11.8 Å². The van der Waals surface area contributed by atoms with Gasteiger partial charge in [-0.3, -0.25) is 0 Å². The van der Waals surface area contributed by atoms with Crippen molar-refractivity contribution in [2.24, 2.45) is 0 Å². The first-order valence-corrected chi connectivity index (χ1v) is 7.31. The summed E-state index contributed by atoms with van der Waals surface area (Å²) < 4.78 is 13.5. The molecule has 0 radical (unpaired) electrons. The minimum Gasteiger partial charge on any atom is -0.384 e. The van der Waals surface area contributed by atoms with E-state index in [1.54, 1.807) is 11.8 Å². The summed E-state index contributed by atoms with van der Waals surface area (Å²) in [4.78, 5) is 1.07. The minimum absolute atomic E-state index is 0.231. The topological polar surface area (TPSA) is 20.2 Å². The van der Waals surface area contributed by atoms with E-state index in [2.05, 4.69) is 11.8 Å². The summed E-state index contributed by atoms with van der Waals surface area (Å²) in [5, 5.41) is 9.35. The monoisotopic (exact) mass is 306 g/mol. The zero-order valence-electron chi connectivity index (χ0n) is 10.6. The Kier molecular flexibility index (Phi) is 5.49. The molecule has 2 aromatic carbocycles. The fourth-order valence-electron chi connectivity index (χ4n) is 1.64. The van der Waals surface area contributed by atoms with Crippen molar-refractivity contribution in [1.82, 2.24) is 0 Å². The number of hydrogen-bond donors (Lipinski definition) is 1. The Morgan fingerprint density at radius 1 is 1.15 bits per heavy atom. The normalized spacial score (nSPS) is 9.95. The van der Waals surface area contributed by atoms with E-state index in [1.165, 1.54) is 12.1 Å². The second-order valence-corrected chi connectivity index (χ2v) is 5.54. The van der Waals surface area contributed by atoms with Crippen molar-refractivity contribution in [1.29, 1.82) is 0 Å². The van der Waals surface area contributed by atoms with Gasteiger partial charge in [-0.25, -0.2) is 4.39 Å². The molecule has 0 fully saturated rings. The van der Waals surface area contributed by atoms with Gasteiger partial charge in [0.05, 0.1) is 0 Å². The molecule has 0 unspecified atom stereocenters. The van der Waals surface area contributed by atoms with E-state index in [0.717, 1.165) is 10.5 Å². The van der Waals surface area contributed by atoms with Crippen LogP contribution in [0.4, 0.5) is 4.39 Å². The lowest BCUT2D eigenvalue weighted by atomic mass is 10.1. The summed E-state index contributed by atoms with van der Waals surface area (Å²) in [7, 11) is 0. The lowest BCUT2D eigenvalue weighted by molar-refractivity contribution is 0.350. The Balaban J connectivity index is 2.09. The molecule has 2 rings (SSSR count). The van der Waals surface area contributed by atoms with Gasteiger partial charge in [-0.2, -0.15) is 0 Å². The number of halogens is 2. The molecule has 0 aromatic heterocycles. The van der Waals surface area contributed by atoms with Crippen molar-refractivity contribution in [2.75, 3.05) is 6.61 Å². The van der Waals surface area contributed by atoms with Crippen LogP contribution in [0.3, 0.4) is 0 Å². The third kappa shape index (κ3) is 4.57. The first kappa shape index (κ1) is 14.9. The Morgan fingerprint density at radius 2 is 1.90 bits per heavy atom. The molecule has 0 aliphatic rings. The molecule has 0 amide bonds. The Hall–Kier alpha value is -1.47. The molecule has 0 atom stereocenters. The molecule has 1 nitrogen and oxygen atoms in total. The number of thioether (sulfide) groups is 1. The van der Waals surface area contributed by atoms with Crippen LogP contribution in [0.15, 0.2) is 47.4 Å². The summed E-state index contributed by atoms with van der Waals surface area (Å²) in [5.41, 5.74) is 1.43. The van der Waals surface area contributed by atoms with Gasteiger partial charge < -0.3 is 5.11 Å². The van der Waals surface area contributed by atoms with Crippen LogP contribution in [0, 0.1) is 17.7 Å². The molecular weight excluding hydrogens is 295 g/mol. The summed E-state index contributed by atoms with van der Waals surface area (Å²) in [6.07, 6.45) is 0. The second kappa shape index (κ2) is 7.35. The highest BCUT2D eigenvalue weighted by molar-refractivity contribution is 7.98. The predicted octanol–water partition coefficient (Wildman–Crippen LogP) is 4.12. The molecule has 0 aliphatic heterocycles. The smallest absolute Gasteiger partial charge is 0.124 e. The van der Waals surface area contributed by atoms with E-state index in [0.29, 0.717) is 16.3 Å². The van der Waals surface area contributed by atoms with Crippen LogP contribution in [0.2, 0.25) is 5.02 Å². The summed E-state index contributed by atoms with van der Waals surface area (Å²) in [6, 6.07) is 12.2. The second-order valence-electron chi connectivity index (χ2n) is 4.05. The highest BCUT2D eigenvalue weighted by Crippen LogP contribution is 2.25. The largest absolute Gasteiger partial charge is 0.384 e. The molecular formula is C16H12ClFOS. The molecule has 1 N–H and O–H groups in total. The first-order chi connectivity index (χ1) is 9.67. The molecule has 102 valence electrons. The van der Waals surface area contributed by atoms with Gasteiger partial charge in [0.15, 0.2) is 0 Å². The van der Waals surface area contributed by atoms with E-state index in [-0.39, 0.29) is 12.4 Å². The van der Waals surface area contributed by atoms with Crippen LogP contribution in [-0.4, -0.2) is 11.7 Å². The van der Waals surface area contributed by atoms with Crippen molar-refractivity contribution in [3.05, 3.63) is 64.4 Å². The molecule has 0 heterocycles. The van der Waals surface area contributed by atoms with E-state index >= 15 is 0 Å². The Labute approximate surface area is 126 Å². The maximum Gasteiger partial charge on any atom is 0.124 e. The average Bonchev–Trinajstić information content (AvgIpc) is 2.44. The predicted molar refractivity (Wildman–Crippen MR) is 81.4 cm³/mol. The van der Waals surface area contributed by atoms with Gasteiger partial charge in [-0.1, -0.05) is 23.4 Å². The van der Waals surface area contributed by atoms with Gasteiger partial charge in [0, 0.05) is 21.2 Å². The van der Waals surface area contributed by atoms with Gasteiger partial charge in [0.2, 0.25) is 0 Å². The fourth-order valence-corrected chi connectivity index (χ4v) is 2.60. The summed E-state index contributed by atoms with van der Waals surface area (Å²) in [6.45, 7) is -0.231. The summed E-state index contributed by atoms with van der Waals surface area (Å²) in [5.74, 6) is 5.56. The first-order valence-electron chi connectivity index (χ1n) is 5.95. The van der Waals surface area contributed by atoms with Crippen LogP contribution in [0.1, 0.15) is 11.1 Å². The van der Waals surface area contributed by atoms with E-state index in [1.807, 2.05) is 30.3 Å². The van der Waals surface area contributed by atoms with Crippen LogP contribution in [-0.2, 0) is 5.75 Å². The SMILES string of the molecule is OCC#Cc1cc(F)cc(CSc2ccc(Cl)cc2)c1. The van der Waals surface area contributed by atoms with Gasteiger partial charge in [0.1, 0.15) is 12.4 Å². The van der Waals surface area contributed by atoms with Gasteiger partial charge in [0.25, 0.3) is 0 Å². The lowest BCUT2D eigenvalue weighted by Crippen LogP contribution is -1.87. The quantitative estimate of drug-likeness (QED) is 0.680. The number of benzene rings is 2. The van der Waals surface area contributed by atoms with Crippen LogP contribution >= 0.6 is 23.4 Å². The highest BCUT2D eigenvalue weighted by atomic mass is 35.5. The molecule has 4 heteroatoms. The molecule has 0 bridgehead atoms. The van der Waals surface area contributed by atoms with Crippen molar-refractivity contribution in [2.45, 2.75) is 10.6 Å². The van der Waals surface area contributed by atoms with Crippen molar-refractivity contribution in [3.8, 4) is 11.8 Å². The number of hydrogen-bond acceptors (Lipinski definition) is 2. The summed E-state index contributed by atoms with van der Waals surface area (Å²) >= 11 is 7.43. The third-order valence-electron chi connectivity index (χ3n) is 2.49. The van der Waals surface area contributed by atoms with E-state index in [4.69, 9.17) is 16.7 Å². The van der Waals surface area contributed by atoms with Crippen LogP contribution in [0.25, 0.3) is 0 Å². The van der Waals surface area contributed by atoms with Crippen molar-refractivity contribution < 1.29 is 9.50 Å². The zero-order chi connectivity index (χ0) is 14.4. The maximum atomic E-state index is 13.5. The minimum atomic E-state index is -0.318. The number of rotatable bonds is 3. The lowest BCUT2D eigenvalue weighted by Gasteiger charge is -2.04. The zero-order valence-corrected chi connectivity index (χ0v) is 12.1. The molecule has 0 saturated heterocycles. The van der Waals surface area contributed by atoms with Gasteiger partial charge >= 0.3 is 0 Å². The third-order valence-corrected chi connectivity index (χ3v) is 3.82. The standard InChI is InChI=1S/C16H12ClFOS/c17-14-3-5-16(6-4-14)20-11-13-8-12(2-1-7-19)9-15(18)10-13/h3-6,8-10,19H,7,11H2. The maximum absolute atomic E-state index is 13.5. The number of aliphatic hydroxyl groups is 1. The van der Waals surface area contributed by atoms with Crippen molar-refractivity contribution in [3.63, 3.8) is 0 Å². The molecule has 2 aromatic rings. The molecule has 0 saturated carbocycles. The van der Waals surface area contributed by atoms with Crippen LogP contribution in [0.5, 0.6) is 0 Å².